The van der Waals surface area contributed by atoms with E-state index in [1.807, 2.05) is 0 Å². The lowest BCUT2D eigenvalue weighted by atomic mass is 10.1. The highest BCUT2D eigenvalue weighted by Gasteiger charge is 2.09. The lowest BCUT2D eigenvalue weighted by Gasteiger charge is -2.00. The Kier molecular flexibility index (Phi) is 2.73. The summed E-state index contributed by atoms with van der Waals surface area (Å²) in [5.74, 6) is 0. The molecule has 0 bridgehead atoms. The summed E-state index contributed by atoms with van der Waals surface area (Å²) in [6.45, 7) is 0. The molecule has 0 aliphatic rings. The normalized spacial score (nSPS) is 11.5. The summed E-state index contributed by atoms with van der Waals surface area (Å²) in [7, 11) is 0. The third-order valence-corrected chi connectivity index (χ3v) is 5.43. The minimum Gasteiger partial charge on any atom is -0.236 e. The lowest BCUT2D eigenvalue weighted by Crippen LogP contribution is -1.77. The molecule has 1 nitrogen and oxygen atoms in total. The molecule has 5 rings (SSSR count). The largest absolute Gasteiger partial charge is 0.236 e. The molecule has 4 aromatic carbocycles. The fraction of sp³-hybridized carbons (Fsp3) is 0. The monoisotopic (exact) mass is 311 g/mol. The molecule has 0 saturated heterocycles. The van der Waals surface area contributed by atoms with Gasteiger partial charge in [-0.3, -0.25) is 0 Å². The Labute approximate surface area is 137 Å². The van der Waals surface area contributed by atoms with Crippen molar-refractivity contribution in [1.29, 1.82) is 0 Å². The molecule has 0 aliphatic carbocycles. The van der Waals surface area contributed by atoms with Crippen LogP contribution >= 0.6 is 11.3 Å². The van der Waals surface area contributed by atoms with E-state index in [4.69, 9.17) is 4.98 Å². The molecule has 0 aliphatic heterocycles. The van der Waals surface area contributed by atoms with Crippen molar-refractivity contribution in [3.63, 3.8) is 0 Å². The number of fused-ring (bicyclic) bond motifs is 4. The molecule has 0 atom stereocenters. The molecule has 5 aromatic rings. The van der Waals surface area contributed by atoms with Crippen LogP contribution in [-0.2, 0) is 0 Å². The molecule has 2 heteroatoms. The van der Waals surface area contributed by atoms with Gasteiger partial charge in [0.1, 0.15) is 5.01 Å². The van der Waals surface area contributed by atoms with Crippen LogP contribution in [0.2, 0.25) is 0 Å². The van der Waals surface area contributed by atoms with E-state index < -0.39 is 0 Å². The van der Waals surface area contributed by atoms with Crippen LogP contribution in [0.1, 0.15) is 0 Å². The van der Waals surface area contributed by atoms with Crippen molar-refractivity contribution in [2.24, 2.45) is 0 Å². The molecule has 0 radical (unpaired) electrons. The summed E-state index contributed by atoms with van der Waals surface area (Å²) in [4.78, 5) is 4.86. The van der Waals surface area contributed by atoms with E-state index in [9.17, 15) is 0 Å². The van der Waals surface area contributed by atoms with E-state index in [1.165, 1.54) is 31.8 Å². The van der Waals surface area contributed by atoms with Gasteiger partial charge in [0.15, 0.2) is 0 Å². The molecule has 108 valence electrons. The second-order valence-corrected chi connectivity index (χ2v) is 6.71. The second-order valence-electron chi connectivity index (χ2n) is 5.72. The lowest BCUT2D eigenvalue weighted by molar-refractivity contribution is 1.49. The number of benzene rings is 4. The Morgan fingerprint density at radius 2 is 1.39 bits per heavy atom. The molecule has 0 unspecified atom stereocenters. The zero-order chi connectivity index (χ0) is 15.2. The molecule has 23 heavy (non-hydrogen) atoms. The Bertz CT molecular complexity index is 1170. The van der Waals surface area contributed by atoms with Gasteiger partial charge in [0.2, 0.25) is 0 Å². The number of rotatable bonds is 1. The van der Waals surface area contributed by atoms with E-state index in [0.29, 0.717) is 0 Å². The Balaban J connectivity index is 1.76. The van der Waals surface area contributed by atoms with Gasteiger partial charge in [-0.15, -0.1) is 11.3 Å². The first-order valence-corrected chi connectivity index (χ1v) is 8.48. The minimum atomic E-state index is 1.08. The number of aromatic nitrogens is 1. The highest BCUT2D eigenvalue weighted by molar-refractivity contribution is 7.22. The maximum Gasteiger partial charge on any atom is 0.124 e. The average Bonchev–Trinajstić information content (AvgIpc) is 3.06. The molecule has 0 amide bonds. The summed E-state index contributed by atoms with van der Waals surface area (Å²) in [6.07, 6.45) is 0. The molecule has 0 N–H and O–H groups in total. The quantitative estimate of drug-likeness (QED) is 0.355. The molecule has 1 heterocycles. The van der Waals surface area contributed by atoms with Crippen LogP contribution in [0.15, 0.2) is 78.9 Å². The van der Waals surface area contributed by atoms with Crippen molar-refractivity contribution in [2.45, 2.75) is 0 Å². The standard InChI is InChI=1S/C21H13NS/c1-2-7-16-13-17(10-9-14(16)5-1)21-22-19-12-11-15-6-3-4-8-18(15)20(19)23-21/h1-13H. The smallest absolute Gasteiger partial charge is 0.124 e. The first kappa shape index (κ1) is 12.8. The van der Waals surface area contributed by atoms with E-state index in [1.54, 1.807) is 11.3 Å². The zero-order valence-corrected chi connectivity index (χ0v) is 13.2. The van der Waals surface area contributed by atoms with Gasteiger partial charge >= 0.3 is 0 Å². The molecule has 0 fully saturated rings. The van der Waals surface area contributed by atoms with Gasteiger partial charge in [-0.25, -0.2) is 4.98 Å². The van der Waals surface area contributed by atoms with E-state index in [0.717, 1.165) is 10.5 Å². The van der Waals surface area contributed by atoms with Crippen molar-refractivity contribution in [3.8, 4) is 10.6 Å². The molecule has 0 saturated carbocycles. The summed E-state index contributed by atoms with van der Waals surface area (Å²) in [5, 5.41) is 6.17. The second kappa shape index (κ2) is 4.90. The number of nitrogens with zero attached hydrogens (tertiary/aromatic N) is 1. The first-order chi connectivity index (χ1) is 11.4. The van der Waals surface area contributed by atoms with Gasteiger partial charge in [0.25, 0.3) is 0 Å². The van der Waals surface area contributed by atoms with Crippen LogP contribution in [0.4, 0.5) is 0 Å². The number of thiazole rings is 1. The fourth-order valence-electron chi connectivity index (χ4n) is 3.10. The third-order valence-electron chi connectivity index (χ3n) is 4.28. The maximum absolute atomic E-state index is 4.86. The third kappa shape index (κ3) is 2.03. The van der Waals surface area contributed by atoms with Crippen molar-refractivity contribution in [2.75, 3.05) is 0 Å². The van der Waals surface area contributed by atoms with Crippen LogP contribution in [-0.4, -0.2) is 4.98 Å². The highest BCUT2D eigenvalue weighted by atomic mass is 32.1. The van der Waals surface area contributed by atoms with Crippen LogP contribution in [0.25, 0.3) is 42.3 Å². The topological polar surface area (TPSA) is 12.9 Å². The minimum absolute atomic E-state index is 1.08. The van der Waals surface area contributed by atoms with Crippen LogP contribution in [0.5, 0.6) is 0 Å². The van der Waals surface area contributed by atoms with Gasteiger partial charge in [0.05, 0.1) is 10.2 Å². The van der Waals surface area contributed by atoms with Crippen LogP contribution in [0.3, 0.4) is 0 Å². The van der Waals surface area contributed by atoms with Gasteiger partial charge in [-0.2, -0.15) is 0 Å². The fourth-order valence-corrected chi connectivity index (χ4v) is 4.20. The molecular weight excluding hydrogens is 298 g/mol. The number of hydrogen-bond acceptors (Lipinski definition) is 2. The average molecular weight is 311 g/mol. The summed E-state index contributed by atoms with van der Waals surface area (Å²) in [6, 6.07) is 27.8. The first-order valence-electron chi connectivity index (χ1n) is 7.66. The SMILES string of the molecule is c1ccc2cc(-c3nc4ccc5ccccc5c4s3)ccc2c1. The zero-order valence-electron chi connectivity index (χ0n) is 12.4. The van der Waals surface area contributed by atoms with Gasteiger partial charge in [0, 0.05) is 10.9 Å². The summed E-state index contributed by atoms with van der Waals surface area (Å²) in [5.41, 5.74) is 2.27. The molecular formula is C21H13NS. The maximum atomic E-state index is 4.86. The Morgan fingerprint density at radius 3 is 2.30 bits per heavy atom. The van der Waals surface area contributed by atoms with E-state index >= 15 is 0 Å². The van der Waals surface area contributed by atoms with Crippen molar-refractivity contribution in [1.82, 2.24) is 4.98 Å². The Morgan fingerprint density at radius 1 is 0.652 bits per heavy atom. The highest BCUT2D eigenvalue weighted by Crippen LogP contribution is 2.35. The predicted octanol–water partition coefficient (Wildman–Crippen LogP) is 6.27. The van der Waals surface area contributed by atoms with Gasteiger partial charge in [-0.05, 0) is 28.3 Å². The van der Waals surface area contributed by atoms with Crippen LogP contribution < -0.4 is 0 Å². The summed E-state index contributed by atoms with van der Waals surface area (Å²) >= 11 is 1.78. The van der Waals surface area contributed by atoms with Crippen molar-refractivity contribution in [3.05, 3.63) is 78.9 Å². The van der Waals surface area contributed by atoms with Crippen molar-refractivity contribution < 1.29 is 0 Å². The Hall–Kier alpha value is -2.71. The predicted molar refractivity (Wildman–Crippen MR) is 100 cm³/mol. The molecule has 1 aromatic heterocycles. The molecule has 0 spiro atoms. The van der Waals surface area contributed by atoms with Gasteiger partial charge in [-0.1, -0.05) is 66.7 Å². The van der Waals surface area contributed by atoms with Crippen LogP contribution in [0, 0.1) is 0 Å². The van der Waals surface area contributed by atoms with E-state index in [-0.39, 0.29) is 0 Å². The summed E-state index contributed by atoms with van der Waals surface area (Å²) < 4.78 is 1.27. The van der Waals surface area contributed by atoms with Crippen molar-refractivity contribution >= 4 is 43.1 Å². The number of hydrogen-bond donors (Lipinski definition) is 0. The van der Waals surface area contributed by atoms with Gasteiger partial charge < -0.3 is 0 Å². The van der Waals surface area contributed by atoms with E-state index in [2.05, 4.69) is 78.9 Å².